The monoisotopic (exact) mass is 384 g/mol. The van der Waals surface area contributed by atoms with Crippen LogP contribution in [0.5, 0.6) is 0 Å². The quantitative estimate of drug-likeness (QED) is 0.675. The maximum Gasteiger partial charge on any atom is 0.142 e. The van der Waals surface area contributed by atoms with Gasteiger partial charge in [-0.1, -0.05) is 6.07 Å². The lowest BCUT2D eigenvalue weighted by atomic mass is 10.1. The molecule has 1 fully saturated rings. The van der Waals surface area contributed by atoms with E-state index in [9.17, 15) is 0 Å². The third-order valence-corrected chi connectivity index (χ3v) is 5.57. The SMILES string of the molecule is Cc1ccc(C(CNCc2csc(-c3ccccn3)n2)N2CCOCC2)o1. The summed E-state index contributed by atoms with van der Waals surface area (Å²) in [5.74, 6) is 1.96. The number of furan rings is 1. The van der Waals surface area contributed by atoms with Crippen LogP contribution >= 0.6 is 11.3 Å². The van der Waals surface area contributed by atoms with Crippen LogP contribution in [0.15, 0.2) is 46.3 Å². The Morgan fingerprint density at radius 1 is 1.22 bits per heavy atom. The van der Waals surface area contributed by atoms with Crippen LogP contribution in [0, 0.1) is 6.92 Å². The smallest absolute Gasteiger partial charge is 0.142 e. The number of rotatable bonds is 7. The lowest BCUT2D eigenvalue weighted by Gasteiger charge is -2.33. The summed E-state index contributed by atoms with van der Waals surface area (Å²) in [6, 6.07) is 10.2. The second-order valence-corrected chi connectivity index (χ2v) is 7.46. The molecule has 4 heterocycles. The Bertz CT molecular complexity index is 843. The highest BCUT2D eigenvalue weighted by Gasteiger charge is 2.24. The molecule has 0 saturated carbocycles. The summed E-state index contributed by atoms with van der Waals surface area (Å²) in [4.78, 5) is 11.5. The molecule has 1 atom stereocenters. The Balaban J connectivity index is 1.38. The van der Waals surface area contributed by atoms with Crippen LogP contribution in [-0.2, 0) is 11.3 Å². The summed E-state index contributed by atoms with van der Waals surface area (Å²) in [6.45, 7) is 6.92. The highest BCUT2D eigenvalue weighted by Crippen LogP contribution is 2.24. The minimum Gasteiger partial charge on any atom is -0.465 e. The van der Waals surface area contributed by atoms with E-state index < -0.39 is 0 Å². The summed E-state index contributed by atoms with van der Waals surface area (Å²) in [7, 11) is 0. The zero-order valence-corrected chi connectivity index (χ0v) is 16.2. The molecule has 0 aliphatic carbocycles. The molecule has 7 heteroatoms. The van der Waals surface area contributed by atoms with Crippen molar-refractivity contribution < 1.29 is 9.15 Å². The molecule has 1 unspecified atom stereocenters. The van der Waals surface area contributed by atoms with E-state index in [4.69, 9.17) is 14.1 Å². The minimum atomic E-state index is 0.205. The number of aromatic nitrogens is 2. The molecule has 1 aliphatic rings. The van der Waals surface area contributed by atoms with Crippen molar-refractivity contribution in [2.75, 3.05) is 32.8 Å². The first-order chi connectivity index (χ1) is 13.3. The number of hydrogen-bond donors (Lipinski definition) is 1. The van der Waals surface area contributed by atoms with E-state index in [1.54, 1.807) is 17.5 Å². The predicted octanol–water partition coefficient (Wildman–Crippen LogP) is 3.27. The van der Waals surface area contributed by atoms with Gasteiger partial charge in [0.25, 0.3) is 0 Å². The van der Waals surface area contributed by atoms with Gasteiger partial charge in [-0.2, -0.15) is 0 Å². The summed E-state index contributed by atoms with van der Waals surface area (Å²) < 4.78 is 11.4. The number of aryl methyl sites for hydroxylation is 1. The van der Waals surface area contributed by atoms with Crippen molar-refractivity contribution in [1.82, 2.24) is 20.2 Å². The first-order valence-electron chi connectivity index (χ1n) is 9.24. The lowest BCUT2D eigenvalue weighted by molar-refractivity contribution is 0.0115. The molecule has 0 spiro atoms. The van der Waals surface area contributed by atoms with Gasteiger partial charge in [0.05, 0.1) is 30.6 Å². The Labute approximate surface area is 163 Å². The summed E-state index contributed by atoms with van der Waals surface area (Å²) >= 11 is 1.63. The van der Waals surface area contributed by atoms with E-state index in [-0.39, 0.29) is 6.04 Å². The topological polar surface area (TPSA) is 63.4 Å². The molecule has 0 bridgehead atoms. The Kier molecular flexibility index (Phi) is 5.94. The number of hydrogen-bond acceptors (Lipinski definition) is 7. The fourth-order valence-electron chi connectivity index (χ4n) is 3.26. The largest absolute Gasteiger partial charge is 0.465 e. The van der Waals surface area contributed by atoms with Gasteiger partial charge in [-0.3, -0.25) is 9.88 Å². The Hall–Kier alpha value is -2.06. The van der Waals surface area contributed by atoms with E-state index in [1.807, 2.05) is 31.2 Å². The van der Waals surface area contributed by atoms with Crippen molar-refractivity contribution in [3.63, 3.8) is 0 Å². The molecular weight excluding hydrogens is 360 g/mol. The number of ether oxygens (including phenoxy) is 1. The Morgan fingerprint density at radius 2 is 2.11 bits per heavy atom. The number of morpholine rings is 1. The van der Waals surface area contributed by atoms with Gasteiger partial charge in [-0.05, 0) is 31.2 Å². The van der Waals surface area contributed by atoms with Crippen LogP contribution < -0.4 is 5.32 Å². The van der Waals surface area contributed by atoms with Crippen LogP contribution in [0.25, 0.3) is 10.7 Å². The van der Waals surface area contributed by atoms with Crippen LogP contribution in [0.4, 0.5) is 0 Å². The maximum atomic E-state index is 5.92. The van der Waals surface area contributed by atoms with Crippen LogP contribution in [0.1, 0.15) is 23.3 Å². The standard InChI is InChI=1S/C20H24N4O2S/c1-15-5-6-19(26-15)18(24-8-10-25-11-9-24)13-21-12-16-14-27-20(23-16)17-4-2-3-7-22-17/h2-7,14,18,21H,8-13H2,1H3. The average molecular weight is 385 g/mol. The van der Waals surface area contributed by atoms with Gasteiger partial charge in [0, 0.05) is 37.8 Å². The molecule has 1 aliphatic heterocycles. The number of pyridine rings is 1. The molecule has 0 amide bonds. The molecule has 1 saturated heterocycles. The van der Waals surface area contributed by atoms with Gasteiger partial charge in [-0.25, -0.2) is 4.98 Å². The molecule has 0 aromatic carbocycles. The van der Waals surface area contributed by atoms with Crippen molar-refractivity contribution in [1.29, 1.82) is 0 Å². The molecule has 142 valence electrons. The van der Waals surface area contributed by atoms with Gasteiger partial charge in [0.15, 0.2) is 0 Å². The maximum absolute atomic E-state index is 5.92. The van der Waals surface area contributed by atoms with Gasteiger partial charge in [-0.15, -0.1) is 11.3 Å². The predicted molar refractivity (Wildman–Crippen MR) is 106 cm³/mol. The summed E-state index contributed by atoms with van der Waals surface area (Å²) in [5.41, 5.74) is 1.96. The molecular formula is C20H24N4O2S. The lowest BCUT2D eigenvalue weighted by Crippen LogP contribution is -2.42. The molecule has 6 nitrogen and oxygen atoms in total. The molecule has 3 aromatic rings. The molecule has 3 aromatic heterocycles. The first-order valence-corrected chi connectivity index (χ1v) is 10.1. The third kappa shape index (κ3) is 4.62. The number of thiazole rings is 1. The van der Waals surface area contributed by atoms with Gasteiger partial charge in [0.2, 0.25) is 0 Å². The third-order valence-electron chi connectivity index (χ3n) is 4.66. The number of nitrogens with one attached hydrogen (secondary N) is 1. The van der Waals surface area contributed by atoms with E-state index >= 15 is 0 Å². The zero-order valence-electron chi connectivity index (χ0n) is 15.4. The van der Waals surface area contributed by atoms with Gasteiger partial charge < -0.3 is 14.5 Å². The van der Waals surface area contributed by atoms with Crippen molar-refractivity contribution >= 4 is 11.3 Å². The summed E-state index contributed by atoms with van der Waals surface area (Å²) in [6.07, 6.45) is 1.80. The highest BCUT2D eigenvalue weighted by molar-refractivity contribution is 7.13. The second kappa shape index (κ2) is 8.75. The van der Waals surface area contributed by atoms with Crippen LogP contribution in [0.2, 0.25) is 0 Å². The van der Waals surface area contributed by atoms with Gasteiger partial charge in [0.1, 0.15) is 16.5 Å². The van der Waals surface area contributed by atoms with Crippen molar-refractivity contribution in [3.05, 3.63) is 59.1 Å². The molecule has 0 radical (unpaired) electrons. The zero-order chi connectivity index (χ0) is 18.5. The fourth-order valence-corrected chi connectivity index (χ4v) is 4.06. The number of nitrogens with zero attached hydrogens (tertiary/aromatic N) is 3. The Morgan fingerprint density at radius 3 is 2.85 bits per heavy atom. The van der Waals surface area contributed by atoms with Gasteiger partial charge >= 0.3 is 0 Å². The fraction of sp³-hybridized carbons (Fsp3) is 0.400. The molecule has 27 heavy (non-hydrogen) atoms. The summed E-state index contributed by atoms with van der Waals surface area (Å²) in [5, 5.41) is 6.61. The molecule has 4 rings (SSSR count). The minimum absolute atomic E-state index is 0.205. The van der Waals surface area contributed by atoms with Crippen molar-refractivity contribution in [3.8, 4) is 10.7 Å². The van der Waals surface area contributed by atoms with Crippen LogP contribution in [-0.4, -0.2) is 47.7 Å². The highest BCUT2D eigenvalue weighted by atomic mass is 32.1. The van der Waals surface area contributed by atoms with E-state index in [0.717, 1.165) is 67.3 Å². The average Bonchev–Trinajstić information content (AvgIpc) is 3.36. The van der Waals surface area contributed by atoms with Crippen LogP contribution in [0.3, 0.4) is 0 Å². The van der Waals surface area contributed by atoms with Crippen molar-refractivity contribution in [2.45, 2.75) is 19.5 Å². The second-order valence-electron chi connectivity index (χ2n) is 6.60. The van der Waals surface area contributed by atoms with E-state index in [0.29, 0.717) is 0 Å². The van der Waals surface area contributed by atoms with Crippen molar-refractivity contribution in [2.24, 2.45) is 0 Å². The first kappa shape index (κ1) is 18.3. The normalized spacial score (nSPS) is 16.5. The molecule has 1 N–H and O–H groups in total. The van der Waals surface area contributed by atoms with E-state index in [2.05, 4.69) is 26.6 Å². The van der Waals surface area contributed by atoms with E-state index in [1.165, 1.54) is 0 Å².